The third kappa shape index (κ3) is 3.94. The molecule has 2 heterocycles. The topological polar surface area (TPSA) is 78.5 Å². The second-order valence-corrected chi connectivity index (χ2v) is 7.26. The number of nitrogens with zero attached hydrogens (tertiary/aromatic N) is 1. The summed E-state index contributed by atoms with van der Waals surface area (Å²) in [5.41, 5.74) is 2.44. The van der Waals surface area contributed by atoms with E-state index in [1.807, 2.05) is 24.4 Å². The van der Waals surface area contributed by atoms with Crippen LogP contribution in [0.2, 0.25) is 0 Å². The third-order valence-corrected chi connectivity index (χ3v) is 5.18. The van der Waals surface area contributed by atoms with Crippen molar-refractivity contribution < 1.29 is 14.4 Å². The van der Waals surface area contributed by atoms with Gasteiger partial charge in [0.15, 0.2) is 0 Å². The fourth-order valence-corrected chi connectivity index (χ4v) is 3.56. The first kappa shape index (κ1) is 18.1. The second kappa shape index (κ2) is 7.70. The van der Waals surface area contributed by atoms with Gasteiger partial charge in [0, 0.05) is 24.3 Å². The minimum Gasteiger partial charge on any atom is -0.340 e. The molecule has 0 spiro atoms. The predicted molar refractivity (Wildman–Crippen MR) is 103 cm³/mol. The minimum absolute atomic E-state index is 0.134. The number of hydrogen-bond donors (Lipinski definition) is 2. The molecule has 2 N–H and O–H groups in total. The van der Waals surface area contributed by atoms with Crippen LogP contribution < -0.4 is 15.5 Å². The predicted octanol–water partition coefficient (Wildman–Crippen LogP) is 2.94. The third-order valence-electron chi connectivity index (χ3n) is 4.31. The number of carbonyl (C=O) groups excluding carboxylic acids is 3. The molecular weight excluding hydrogens is 350 g/mol. The lowest BCUT2D eigenvalue weighted by molar-refractivity contribution is -0.118. The second-order valence-electron chi connectivity index (χ2n) is 6.31. The number of thiophene rings is 1. The molecule has 0 saturated carbocycles. The summed E-state index contributed by atoms with van der Waals surface area (Å²) >= 11 is 1.33. The maximum atomic E-state index is 12.3. The molecule has 0 radical (unpaired) electrons. The van der Waals surface area contributed by atoms with Crippen molar-refractivity contribution in [3.05, 3.63) is 46.2 Å². The van der Waals surface area contributed by atoms with Crippen LogP contribution in [-0.2, 0) is 9.59 Å². The largest absolute Gasteiger partial charge is 0.340 e. The van der Waals surface area contributed by atoms with Gasteiger partial charge in [0.05, 0.1) is 4.88 Å². The first-order valence-electron chi connectivity index (χ1n) is 8.52. The Morgan fingerprint density at radius 1 is 1.27 bits per heavy atom. The summed E-state index contributed by atoms with van der Waals surface area (Å²) in [7, 11) is 0. The molecule has 1 saturated heterocycles. The molecule has 3 amide bonds. The highest BCUT2D eigenvalue weighted by molar-refractivity contribution is 7.12. The van der Waals surface area contributed by atoms with Crippen LogP contribution in [0.3, 0.4) is 0 Å². The van der Waals surface area contributed by atoms with E-state index in [2.05, 4.69) is 10.6 Å². The highest BCUT2D eigenvalue weighted by atomic mass is 32.1. The number of nitrogens with one attached hydrogen (secondary N) is 2. The van der Waals surface area contributed by atoms with Crippen LogP contribution in [0.5, 0.6) is 0 Å². The first-order chi connectivity index (χ1) is 12.5. The number of aryl methyl sites for hydroxylation is 1. The molecule has 1 atom stereocenters. The molecule has 1 aliphatic heterocycles. The SMILES string of the molecule is Cc1cc(NC(=O)C(C)NC(=O)c2cccs2)ccc1N1CCCC1=O. The van der Waals surface area contributed by atoms with Crippen molar-refractivity contribution in [2.24, 2.45) is 0 Å². The summed E-state index contributed by atoms with van der Waals surface area (Å²) in [6.45, 7) is 4.29. The number of benzene rings is 1. The molecule has 0 aliphatic carbocycles. The maximum absolute atomic E-state index is 12.3. The van der Waals surface area contributed by atoms with E-state index in [1.54, 1.807) is 30.0 Å². The van der Waals surface area contributed by atoms with Gasteiger partial charge in [-0.2, -0.15) is 0 Å². The lowest BCUT2D eigenvalue weighted by atomic mass is 10.1. The van der Waals surface area contributed by atoms with Crippen molar-refractivity contribution in [2.75, 3.05) is 16.8 Å². The molecule has 0 bridgehead atoms. The van der Waals surface area contributed by atoms with Crippen LogP contribution in [0.1, 0.15) is 35.0 Å². The zero-order valence-corrected chi connectivity index (χ0v) is 15.6. The van der Waals surface area contributed by atoms with Gasteiger partial charge in [0.1, 0.15) is 6.04 Å². The molecule has 1 fully saturated rings. The zero-order valence-electron chi connectivity index (χ0n) is 14.7. The number of rotatable bonds is 5. The quantitative estimate of drug-likeness (QED) is 0.848. The van der Waals surface area contributed by atoms with Crippen LogP contribution in [0.15, 0.2) is 35.7 Å². The minimum atomic E-state index is -0.662. The van der Waals surface area contributed by atoms with E-state index >= 15 is 0 Å². The van der Waals surface area contributed by atoms with Gasteiger partial charge in [0.2, 0.25) is 11.8 Å². The molecule has 1 unspecified atom stereocenters. The van der Waals surface area contributed by atoms with E-state index in [1.165, 1.54) is 11.3 Å². The lowest BCUT2D eigenvalue weighted by Crippen LogP contribution is -2.41. The lowest BCUT2D eigenvalue weighted by Gasteiger charge is -2.19. The summed E-state index contributed by atoms with van der Waals surface area (Å²) in [6.07, 6.45) is 1.46. The Bertz CT molecular complexity index is 833. The fraction of sp³-hybridized carbons (Fsp3) is 0.316. The normalized spacial score (nSPS) is 15.0. The Morgan fingerprint density at radius 2 is 2.08 bits per heavy atom. The summed E-state index contributed by atoms with van der Waals surface area (Å²) in [5.74, 6) is -0.421. The Hall–Kier alpha value is -2.67. The van der Waals surface area contributed by atoms with Gasteiger partial charge in [-0.05, 0) is 55.5 Å². The molecule has 2 aromatic rings. The van der Waals surface area contributed by atoms with Gasteiger partial charge in [-0.1, -0.05) is 6.07 Å². The summed E-state index contributed by atoms with van der Waals surface area (Å²) in [4.78, 5) is 38.6. The average Bonchev–Trinajstić information content (AvgIpc) is 3.27. The standard InChI is InChI=1S/C19H21N3O3S/c1-12-11-14(7-8-15(12)22-9-3-6-17(22)23)21-18(24)13(2)20-19(25)16-5-4-10-26-16/h4-5,7-8,10-11,13H,3,6,9H2,1-2H3,(H,20,25)(H,21,24). The summed E-state index contributed by atoms with van der Waals surface area (Å²) < 4.78 is 0. The van der Waals surface area contributed by atoms with Crippen LogP contribution in [0.25, 0.3) is 0 Å². The monoisotopic (exact) mass is 371 g/mol. The van der Waals surface area contributed by atoms with Crippen molar-refractivity contribution >= 4 is 40.4 Å². The summed E-state index contributed by atoms with van der Waals surface area (Å²) in [5, 5.41) is 7.31. The van der Waals surface area contributed by atoms with Crippen molar-refractivity contribution in [3.63, 3.8) is 0 Å². The molecule has 1 aromatic carbocycles. The number of amides is 3. The first-order valence-corrected chi connectivity index (χ1v) is 9.40. The molecule has 1 aromatic heterocycles. The highest BCUT2D eigenvalue weighted by Gasteiger charge is 2.23. The zero-order chi connectivity index (χ0) is 18.7. The van der Waals surface area contributed by atoms with Gasteiger partial charge in [0.25, 0.3) is 5.91 Å². The maximum Gasteiger partial charge on any atom is 0.261 e. The average molecular weight is 371 g/mol. The Balaban J connectivity index is 1.63. The number of anilines is 2. The highest BCUT2D eigenvalue weighted by Crippen LogP contribution is 2.27. The molecule has 1 aliphatic rings. The van der Waals surface area contributed by atoms with Gasteiger partial charge in [-0.15, -0.1) is 11.3 Å². The van der Waals surface area contributed by atoms with E-state index in [0.717, 1.165) is 24.2 Å². The molecule has 26 heavy (non-hydrogen) atoms. The van der Waals surface area contributed by atoms with Crippen molar-refractivity contribution in [1.82, 2.24) is 5.32 Å². The van der Waals surface area contributed by atoms with Gasteiger partial charge >= 0.3 is 0 Å². The smallest absolute Gasteiger partial charge is 0.261 e. The fourth-order valence-electron chi connectivity index (χ4n) is 2.93. The van der Waals surface area contributed by atoms with E-state index < -0.39 is 6.04 Å². The molecule has 7 heteroatoms. The van der Waals surface area contributed by atoms with E-state index in [9.17, 15) is 14.4 Å². The number of hydrogen-bond acceptors (Lipinski definition) is 4. The Kier molecular flexibility index (Phi) is 5.37. The van der Waals surface area contributed by atoms with Crippen LogP contribution in [0.4, 0.5) is 11.4 Å². The van der Waals surface area contributed by atoms with E-state index in [4.69, 9.17) is 0 Å². The Morgan fingerprint density at radius 3 is 2.69 bits per heavy atom. The van der Waals surface area contributed by atoms with Crippen LogP contribution in [0, 0.1) is 6.92 Å². The van der Waals surface area contributed by atoms with Crippen LogP contribution in [-0.4, -0.2) is 30.3 Å². The molecule has 6 nitrogen and oxygen atoms in total. The molecule has 3 rings (SSSR count). The van der Waals surface area contributed by atoms with Crippen LogP contribution >= 0.6 is 11.3 Å². The molecular formula is C19H21N3O3S. The van der Waals surface area contributed by atoms with Gasteiger partial charge < -0.3 is 15.5 Å². The van der Waals surface area contributed by atoms with E-state index in [-0.39, 0.29) is 17.7 Å². The van der Waals surface area contributed by atoms with Crippen molar-refractivity contribution in [1.29, 1.82) is 0 Å². The van der Waals surface area contributed by atoms with Gasteiger partial charge in [-0.25, -0.2) is 0 Å². The Labute approximate surface area is 156 Å². The van der Waals surface area contributed by atoms with Gasteiger partial charge in [-0.3, -0.25) is 14.4 Å². The number of carbonyl (C=O) groups is 3. The van der Waals surface area contributed by atoms with Crippen molar-refractivity contribution in [3.8, 4) is 0 Å². The van der Waals surface area contributed by atoms with Crippen molar-refractivity contribution in [2.45, 2.75) is 32.7 Å². The van der Waals surface area contributed by atoms with E-state index in [0.29, 0.717) is 17.0 Å². The molecule has 136 valence electrons. The summed E-state index contributed by atoms with van der Waals surface area (Å²) in [6, 6.07) is 8.31.